The van der Waals surface area contributed by atoms with Crippen LogP contribution in [0.5, 0.6) is 0 Å². The highest BCUT2D eigenvalue weighted by Gasteiger charge is 2.28. The smallest absolute Gasteiger partial charge is 0.413 e. The SMILES string of the molecule is CC(C)C(=O)OCOC(=O)N(CCCP(=O)(O)CC1CCCCC1)[C@H](C)c1ccc(Cl)c(Cl)c1. The molecule has 0 radical (unpaired) electrons. The summed E-state index contributed by atoms with van der Waals surface area (Å²) in [5.41, 5.74) is 0.736. The lowest BCUT2D eigenvalue weighted by Crippen LogP contribution is -2.36. The van der Waals surface area contributed by atoms with Gasteiger partial charge in [0.25, 0.3) is 0 Å². The van der Waals surface area contributed by atoms with Crippen LogP contribution in [0.15, 0.2) is 18.2 Å². The number of hydrogen-bond donors (Lipinski definition) is 1. The van der Waals surface area contributed by atoms with Gasteiger partial charge in [-0.3, -0.25) is 9.36 Å². The number of hydrogen-bond acceptors (Lipinski definition) is 5. The number of nitrogens with zero attached hydrogens (tertiary/aromatic N) is 1. The molecule has 1 unspecified atom stereocenters. The van der Waals surface area contributed by atoms with Gasteiger partial charge in [0.15, 0.2) is 0 Å². The molecule has 0 saturated heterocycles. The zero-order valence-electron chi connectivity index (χ0n) is 20.2. The second-order valence-electron chi connectivity index (χ2n) is 9.30. The third-order valence-corrected chi connectivity index (χ3v) is 9.00. The monoisotopic (exact) mass is 535 g/mol. The number of carbonyl (C=O) groups is 2. The predicted octanol–water partition coefficient (Wildman–Crippen LogP) is 6.89. The van der Waals surface area contributed by atoms with Gasteiger partial charge in [0, 0.05) is 18.9 Å². The zero-order chi connectivity index (χ0) is 25.3. The van der Waals surface area contributed by atoms with E-state index in [1.807, 2.05) is 6.92 Å². The Hall–Kier alpha value is -1.27. The van der Waals surface area contributed by atoms with Crippen LogP contribution >= 0.6 is 30.6 Å². The van der Waals surface area contributed by atoms with Gasteiger partial charge >= 0.3 is 12.1 Å². The number of benzene rings is 1. The maximum atomic E-state index is 12.9. The highest BCUT2D eigenvalue weighted by molar-refractivity contribution is 7.58. The van der Waals surface area contributed by atoms with Gasteiger partial charge in [-0.2, -0.15) is 0 Å². The number of rotatable bonds is 11. The van der Waals surface area contributed by atoms with Gasteiger partial charge in [0.1, 0.15) is 0 Å². The van der Waals surface area contributed by atoms with Crippen molar-refractivity contribution in [3.63, 3.8) is 0 Å². The van der Waals surface area contributed by atoms with Crippen molar-refractivity contribution in [2.24, 2.45) is 11.8 Å². The molecule has 1 saturated carbocycles. The molecule has 34 heavy (non-hydrogen) atoms. The molecule has 1 aromatic carbocycles. The van der Waals surface area contributed by atoms with E-state index in [4.69, 9.17) is 32.7 Å². The van der Waals surface area contributed by atoms with Crippen molar-refractivity contribution < 1.29 is 28.5 Å². The standard InChI is InChI=1S/C24H36Cl2NO6P/c1-17(2)23(28)32-16-33-24(29)27(18(3)20-10-11-21(25)22(26)14-20)12-7-13-34(30,31)15-19-8-5-4-6-9-19/h10-11,14,17-19H,4-9,12-13,15-16H2,1-3H3,(H,30,31)/t18-/m1/s1. The van der Waals surface area contributed by atoms with Crippen molar-refractivity contribution in [2.75, 3.05) is 25.7 Å². The lowest BCUT2D eigenvalue weighted by atomic mass is 9.91. The average Bonchev–Trinajstić information content (AvgIpc) is 2.78. The molecule has 0 heterocycles. The van der Waals surface area contributed by atoms with E-state index in [1.165, 1.54) is 11.3 Å². The van der Waals surface area contributed by atoms with Gasteiger partial charge in [-0.15, -0.1) is 0 Å². The Kier molecular flexibility index (Phi) is 11.7. The van der Waals surface area contributed by atoms with Crippen LogP contribution < -0.4 is 0 Å². The van der Waals surface area contributed by atoms with Gasteiger partial charge in [0.2, 0.25) is 14.2 Å². The Balaban J connectivity index is 2.03. The van der Waals surface area contributed by atoms with Crippen molar-refractivity contribution >= 4 is 42.6 Å². The van der Waals surface area contributed by atoms with Crippen LogP contribution in [0.3, 0.4) is 0 Å². The minimum absolute atomic E-state index is 0.129. The molecular weight excluding hydrogens is 500 g/mol. The lowest BCUT2D eigenvalue weighted by Gasteiger charge is -2.29. The first-order valence-corrected chi connectivity index (χ1v) is 14.6. The van der Waals surface area contributed by atoms with Gasteiger partial charge in [0.05, 0.1) is 22.0 Å². The first kappa shape index (κ1) is 29.0. The molecule has 1 N–H and O–H groups in total. The minimum Gasteiger partial charge on any atom is -0.428 e. The maximum absolute atomic E-state index is 12.9. The van der Waals surface area contributed by atoms with Crippen LogP contribution in [0.1, 0.15) is 70.9 Å². The van der Waals surface area contributed by atoms with E-state index >= 15 is 0 Å². The summed E-state index contributed by atoms with van der Waals surface area (Å²) in [6, 6.07) is 4.64. The van der Waals surface area contributed by atoms with Crippen LogP contribution in [-0.4, -0.2) is 47.5 Å². The number of esters is 1. The molecule has 7 nitrogen and oxygen atoms in total. The first-order chi connectivity index (χ1) is 16.0. The fraction of sp³-hybridized carbons (Fsp3) is 0.667. The Bertz CT molecular complexity index is 875. The Morgan fingerprint density at radius 2 is 1.79 bits per heavy atom. The highest BCUT2D eigenvalue weighted by Crippen LogP contribution is 2.46. The topological polar surface area (TPSA) is 93.1 Å². The van der Waals surface area contributed by atoms with Crippen molar-refractivity contribution in [2.45, 2.75) is 65.3 Å². The highest BCUT2D eigenvalue weighted by atomic mass is 35.5. The summed E-state index contributed by atoms with van der Waals surface area (Å²) < 4.78 is 22.9. The number of ether oxygens (including phenoxy) is 2. The molecule has 0 aliphatic heterocycles. The van der Waals surface area contributed by atoms with Crippen LogP contribution in [0, 0.1) is 11.8 Å². The number of carbonyl (C=O) groups excluding carboxylic acids is 2. The van der Waals surface area contributed by atoms with Crippen LogP contribution in [0.2, 0.25) is 10.0 Å². The summed E-state index contributed by atoms with van der Waals surface area (Å²) in [5.74, 6) is -0.509. The molecule has 192 valence electrons. The van der Waals surface area contributed by atoms with Crippen LogP contribution in [0.25, 0.3) is 0 Å². The third-order valence-electron chi connectivity index (χ3n) is 6.16. The van der Waals surface area contributed by atoms with Crippen molar-refractivity contribution in [1.29, 1.82) is 0 Å². The molecule has 2 rings (SSSR count). The van der Waals surface area contributed by atoms with E-state index in [2.05, 4.69) is 0 Å². The largest absolute Gasteiger partial charge is 0.428 e. The van der Waals surface area contributed by atoms with Gasteiger partial charge in [-0.05, 0) is 49.8 Å². The lowest BCUT2D eigenvalue weighted by molar-refractivity contribution is -0.156. The molecule has 1 aromatic rings. The van der Waals surface area contributed by atoms with E-state index in [9.17, 15) is 19.0 Å². The van der Waals surface area contributed by atoms with Crippen LogP contribution in [0.4, 0.5) is 4.79 Å². The summed E-state index contributed by atoms with van der Waals surface area (Å²) in [7, 11) is -3.30. The third kappa shape index (κ3) is 9.41. The minimum atomic E-state index is -3.30. The second-order valence-corrected chi connectivity index (χ2v) is 12.6. The van der Waals surface area contributed by atoms with E-state index in [0.717, 1.165) is 31.2 Å². The van der Waals surface area contributed by atoms with E-state index in [1.54, 1.807) is 32.0 Å². The summed E-state index contributed by atoms with van der Waals surface area (Å²) >= 11 is 12.2. The number of amides is 1. The fourth-order valence-corrected chi connectivity index (χ4v) is 6.43. The Morgan fingerprint density at radius 1 is 1.12 bits per heavy atom. The molecule has 2 atom stereocenters. The summed E-state index contributed by atoms with van der Waals surface area (Å²) in [6.45, 7) is 4.88. The molecule has 0 spiro atoms. The van der Waals surface area contributed by atoms with E-state index in [0.29, 0.717) is 28.5 Å². The summed E-state index contributed by atoms with van der Waals surface area (Å²) in [5, 5.41) is 0.758. The number of halogens is 2. The molecule has 1 amide bonds. The van der Waals surface area contributed by atoms with Crippen molar-refractivity contribution in [3.8, 4) is 0 Å². The molecule has 1 aliphatic rings. The van der Waals surface area contributed by atoms with E-state index < -0.39 is 32.3 Å². The van der Waals surface area contributed by atoms with Gasteiger partial charge in [-0.1, -0.05) is 62.4 Å². The summed E-state index contributed by atoms with van der Waals surface area (Å²) in [6.07, 6.45) is 5.57. The quantitative estimate of drug-likeness (QED) is 0.188. The fourth-order valence-electron chi connectivity index (χ4n) is 4.14. The predicted molar refractivity (Wildman–Crippen MR) is 135 cm³/mol. The second kappa shape index (κ2) is 13.7. The van der Waals surface area contributed by atoms with Crippen molar-refractivity contribution in [1.82, 2.24) is 4.90 Å². The molecule has 1 aliphatic carbocycles. The zero-order valence-corrected chi connectivity index (χ0v) is 22.6. The maximum Gasteiger partial charge on any atom is 0.413 e. The molecule has 0 aromatic heterocycles. The summed E-state index contributed by atoms with van der Waals surface area (Å²) in [4.78, 5) is 36.5. The molecule has 1 fully saturated rings. The Morgan fingerprint density at radius 3 is 2.41 bits per heavy atom. The van der Waals surface area contributed by atoms with Gasteiger partial charge in [-0.25, -0.2) is 4.79 Å². The normalized spacial score (nSPS) is 17.1. The first-order valence-electron chi connectivity index (χ1n) is 11.9. The van der Waals surface area contributed by atoms with E-state index in [-0.39, 0.29) is 18.6 Å². The molecule has 10 heteroatoms. The van der Waals surface area contributed by atoms with Crippen molar-refractivity contribution in [3.05, 3.63) is 33.8 Å². The Labute approximate surface area is 212 Å². The van der Waals surface area contributed by atoms with Gasteiger partial charge < -0.3 is 19.3 Å². The molecule has 0 bridgehead atoms. The average molecular weight is 536 g/mol. The molecular formula is C24H36Cl2NO6P. The van der Waals surface area contributed by atoms with Crippen LogP contribution in [-0.2, 0) is 18.8 Å².